The zero-order valence-electron chi connectivity index (χ0n) is 16.0. The average Bonchev–Trinajstić information content (AvgIpc) is 3.37. The number of halogens is 1. The van der Waals surface area contributed by atoms with Crippen LogP contribution in [-0.2, 0) is 14.8 Å². The fraction of sp³-hybridized carbons (Fsp3) is 0.316. The third kappa shape index (κ3) is 4.41. The quantitative estimate of drug-likeness (QED) is 0.613. The van der Waals surface area contributed by atoms with Crippen LogP contribution in [0, 0.1) is 12.8 Å². The molecule has 158 valence electrons. The van der Waals surface area contributed by atoms with Crippen LogP contribution < -0.4 is 5.32 Å². The summed E-state index contributed by atoms with van der Waals surface area (Å²) in [4.78, 5) is 16.8. The fourth-order valence-corrected chi connectivity index (χ4v) is 6.32. The Balaban J connectivity index is 1.48. The first kappa shape index (κ1) is 21.0. The second-order valence-electron chi connectivity index (χ2n) is 6.99. The van der Waals surface area contributed by atoms with Crippen LogP contribution in [-0.4, -0.2) is 41.9 Å². The predicted octanol–water partition coefficient (Wildman–Crippen LogP) is 3.80. The Hall–Kier alpha value is -2.27. The number of hydrogen-bond acceptors (Lipinski definition) is 7. The molecule has 0 saturated carbocycles. The number of amides is 1. The Morgan fingerprint density at radius 3 is 2.93 bits per heavy atom. The molecule has 3 heterocycles. The summed E-state index contributed by atoms with van der Waals surface area (Å²) in [5.41, 5.74) is 1.17. The van der Waals surface area contributed by atoms with Gasteiger partial charge in [0.1, 0.15) is 4.21 Å². The highest BCUT2D eigenvalue weighted by Gasteiger charge is 2.34. The third-order valence-electron chi connectivity index (χ3n) is 4.80. The van der Waals surface area contributed by atoms with Crippen molar-refractivity contribution in [2.24, 2.45) is 5.92 Å². The number of aryl methyl sites for hydroxylation is 1. The van der Waals surface area contributed by atoms with Gasteiger partial charge < -0.3 is 9.84 Å². The molecule has 1 amide bonds. The number of anilines is 1. The maximum absolute atomic E-state index is 13.1. The van der Waals surface area contributed by atoms with Crippen molar-refractivity contribution >= 4 is 44.6 Å². The number of hydrogen-bond donors (Lipinski definition) is 1. The molecule has 1 fully saturated rings. The number of benzene rings is 1. The minimum absolute atomic E-state index is 0.128. The number of piperidine rings is 1. The first-order valence-corrected chi connectivity index (χ1v) is 12.0. The van der Waals surface area contributed by atoms with Gasteiger partial charge in [0, 0.05) is 41.7 Å². The fourth-order valence-electron chi connectivity index (χ4n) is 3.30. The Bertz CT molecular complexity index is 1170. The van der Waals surface area contributed by atoms with Crippen molar-refractivity contribution in [1.29, 1.82) is 0 Å². The van der Waals surface area contributed by atoms with Gasteiger partial charge in [-0.1, -0.05) is 22.8 Å². The zero-order chi connectivity index (χ0) is 21.3. The van der Waals surface area contributed by atoms with Gasteiger partial charge in [0.2, 0.25) is 17.6 Å². The van der Waals surface area contributed by atoms with Crippen molar-refractivity contribution in [3.05, 3.63) is 46.6 Å². The molecule has 0 radical (unpaired) electrons. The van der Waals surface area contributed by atoms with Crippen LogP contribution in [0.1, 0.15) is 18.7 Å². The van der Waals surface area contributed by atoms with E-state index in [-0.39, 0.29) is 16.7 Å². The van der Waals surface area contributed by atoms with Gasteiger partial charge in [-0.15, -0.1) is 11.3 Å². The van der Waals surface area contributed by atoms with Gasteiger partial charge in [-0.3, -0.25) is 4.79 Å². The Morgan fingerprint density at radius 2 is 2.20 bits per heavy atom. The largest absolute Gasteiger partial charge is 0.339 e. The lowest BCUT2D eigenvalue weighted by molar-refractivity contribution is -0.120. The summed E-state index contributed by atoms with van der Waals surface area (Å²) in [5, 5.41) is 8.85. The number of carbonyl (C=O) groups excluding carboxylic acids is 1. The first-order valence-electron chi connectivity index (χ1n) is 9.29. The van der Waals surface area contributed by atoms with Crippen molar-refractivity contribution < 1.29 is 17.7 Å². The molecule has 1 atom stereocenters. The molecule has 1 N–H and O–H groups in total. The van der Waals surface area contributed by atoms with Crippen molar-refractivity contribution in [2.45, 2.75) is 24.0 Å². The molecule has 3 aromatic rings. The van der Waals surface area contributed by atoms with Crippen LogP contribution in [0.3, 0.4) is 0 Å². The van der Waals surface area contributed by atoms with Crippen LogP contribution in [0.5, 0.6) is 0 Å². The molecule has 1 aliphatic rings. The summed E-state index contributed by atoms with van der Waals surface area (Å²) in [6, 6.07) is 8.41. The van der Waals surface area contributed by atoms with Crippen molar-refractivity contribution in [1.82, 2.24) is 14.4 Å². The van der Waals surface area contributed by atoms with Gasteiger partial charge in [-0.25, -0.2) is 8.42 Å². The van der Waals surface area contributed by atoms with E-state index in [1.165, 1.54) is 4.31 Å². The molecule has 4 rings (SSSR count). The van der Waals surface area contributed by atoms with Gasteiger partial charge in [0.05, 0.1) is 5.92 Å². The zero-order valence-corrected chi connectivity index (χ0v) is 18.4. The number of aromatic nitrogens is 2. The molecule has 1 saturated heterocycles. The smallest absolute Gasteiger partial charge is 0.252 e. The molecule has 8 nitrogen and oxygen atoms in total. The molecule has 30 heavy (non-hydrogen) atoms. The Morgan fingerprint density at radius 1 is 1.37 bits per heavy atom. The molecule has 0 spiro atoms. The third-order valence-corrected chi connectivity index (χ3v) is 8.32. The summed E-state index contributed by atoms with van der Waals surface area (Å²) in [7, 11) is -3.72. The van der Waals surface area contributed by atoms with Gasteiger partial charge in [-0.2, -0.15) is 9.29 Å². The van der Waals surface area contributed by atoms with Gasteiger partial charge in [-0.05, 0) is 37.1 Å². The molecular weight excluding hydrogens is 448 g/mol. The lowest BCUT2D eigenvalue weighted by Crippen LogP contribution is -2.43. The van der Waals surface area contributed by atoms with E-state index in [9.17, 15) is 13.2 Å². The highest BCUT2D eigenvalue weighted by atomic mass is 35.5. The van der Waals surface area contributed by atoms with Gasteiger partial charge >= 0.3 is 0 Å². The van der Waals surface area contributed by atoms with Crippen molar-refractivity contribution in [3.63, 3.8) is 0 Å². The van der Waals surface area contributed by atoms with E-state index in [4.69, 9.17) is 16.1 Å². The highest BCUT2D eigenvalue weighted by molar-refractivity contribution is 7.91. The summed E-state index contributed by atoms with van der Waals surface area (Å²) in [6.45, 7) is 2.17. The minimum Gasteiger partial charge on any atom is -0.339 e. The monoisotopic (exact) mass is 466 g/mol. The standard InChI is InChI=1S/C19H19ClN4O4S2/c1-12-21-18(23-28-12)14-8-17(29-11-14)30(26,27)24-7-3-4-13(10-24)19(25)22-16-6-2-5-15(20)9-16/h2,5-6,8-9,11,13H,3-4,7,10H2,1H3,(H,22,25)/t13-/m1/s1. The predicted molar refractivity (Wildman–Crippen MR) is 114 cm³/mol. The number of nitrogens with one attached hydrogen (secondary N) is 1. The maximum Gasteiger partial charge on any atom is 0.252 e. The van der Waals surface area contributed by atoms with Gasteiger partial charge in [0.15, 0.2) is 0 Å². The maximum atomic E-state index is 13.1. The SMILES string of the molecule is Cc1nc(-c2csc(S(=O)(=O)N3CCC[C@@H](C(=O)Nc4cccc(Cl)c4)C3)c2)no1. The Kier molecular flexibility index (Phi) is 5.92. The molecule has 0 unspecified atom stereocenters. The van der Waals surface area contributed by atoms with E-state index < -0.39 is 15.9 Å². The van der Waals surface area contributed by atoms with Crippen LogP contribution in [0.4, 0.5) is 5.69 Å². The number of thiophene rings is 1. The Labute approximate surface area is 182 Å². The lowest BCUT2D eigenvalue weighted by Gasteiger charge is -2.30. The number of rotatable bonds is 5. The second-order valence-corrected chi connectivity index (χ2v) is 10.5. The number of nitrogens with zero attached hydrogens (tertiary/aromatic N) is 3. The topological polar surface area (TPSA) is 105 Å². The van der Waals surface area contributed by atoms with Gasteiger partial charge in [0.25, 0.3) is 10.0 Å². The normalized spacial score (nSPS) is 17.7. The molecule has 0 bridgehead atoms. The lowest BCUT2D eigenvalue weighted by atomic mass is 9.99. The highest BCUT2D eigenvalue weighted by Crippen LogP contribution is 2.31. The van der Waals surface area contributed by atoms with Crippen LogP contribution in [0.15, 0.2) is 44.4 Å². The molecule has 0 aliphatic carbocycles. The average molecular weight is 467 g/mol. The first-order chi connectivity index (χ1) is 14.3. The second kappa shape index (κ2) is 8.46. The molecule has 11 heteroatoms. The van der Waals surface area contributed by atoms with Crippen LogP contribution >= 0.6 is 22.9 Å². The van der Waals surface area contributed by atoms with E-state index in [2.05, 4.69) is 15.5 Å². The van der Waals surface area contributed by atoms with E-state index in [0.29, 0.717) is 47.4 Å². The van der Waals surface area contributed by atoms with Crippen LogP contribution in [0.2, 0.25) is 5.02 Å². The summed E-state index contributed by atoms with van der Waals surface area (Å²) < 4.78 is 32.8. The van der Waals surface area contributed by atoms with Crippen LogP contribution in [0.25, 0.3) is 11.4 Å². The summed E-state index contributed by atoms with van der Waals surface area (Å²) in [5.74, 6) is 0.103. The summed E-state index contributed by atoms with van der Waals surface area (Å²) >= 11 is 7.06. The minimum atomic E-state index is -3.72. The van der Waals surface area contributed by atoms with Crippen molar-refractivity contribution in [2.75, 3.05) is 18.4 Å². The number of sulfonamides is 1. The molecule has 1 aliphatic heterocycles. The van der Waals surface area contributed by atoms with E-state index in [1.54, 1.807) is 42.6 Å². The van der Waals surface area contributed by atoms with E-state index >= 15 is 0 Å². The van der Waals surface area contributed by atoms with E-state index in [0.717, 1.165) is 11.3 Å². The number of carbonyl (C=O) groups is 1. The summed E-state index contributed by atoms with van der Waals surface area (Å²) in [6.07, 6.45) is 1.23. The molecule has 2 aromatic heterocycles. The molecular formula is C19H19ClN4O4S2. The van der Waals surface area contributed by atoms with E-state index in [1.807, 2.05) is 0 Å². The molecule has 1 aromatic carbocycles. The van der Waals surface area contributed by atoms with Crippen molar-refractivity contribution in [3.8, 4) is 11.4 Å².